The first-order chi connectivity index (χ1) is 8.95. The minimum absolute atomic E-state index is 0.0680. The molecule has 1 aromatic carbocycles. The molecule has 0 aliphatic rings. The maximum absolute atomic E-state index is 11.5. The molecular formula is C16H22O3. The highest BCUT2D eigenvalue weighted by molar-refractivity contribution is 5.89. The third kappa shape index (κ3) is 4.52. The van der Waals surface area contributed by atoms with E-state index in [-0.39, 0.29) is 12.2 Å². The van der Waals surface area contributed by atoms with Crippen LogP contribution in [0.1, 0.15) is 38.0 Å². The second-order valence-electron chi connectivity index (χ2n) is 4.99. The summed E-state index contributed by atoms with van der Waals surface area (Å²) < 4.78 is 4.82. The molecule has 0 bridgehead atoms. The van der Waals surface area contributed by atoms with Crippen LogP contribution in [0.25, 0.3) is 0 Å². The molecule has 0 saturated heterocycles. The summed E-state index contributed by atoms with van der Waals surface area (Å²) in [6.45, 7) is 9.91. The lowest BCUT2D eigenvalue weighted by atomic mass is 9.98. The van der Waals surface area contributed by atoms with Crippen molar-refractivity contribution in [1.29, 1.82) is 0 Å². The maximum atomic E-state index is 11.5. The van der Waals surface area contributed by atoms with Crippen molar-refractivity contribution in [3.8, 4) is 0 Å². The van der Waals surface area contributed by atoms with Gasteiger partial charge in [-0.2, -0.15) is 0 Å². The first-order valence-corrected chi connectivity index (χ1v) is 6.58. The lowest BCUT2D eigenvalue weighted by Crippen LogP contribution is -2.13. The van der Waals surface area contributed by atoms with E-state index in [1.54, 1.807) is 6.92 Å². The van der Waals surface area contributed by atoms with Gasteiger partial charge in [0.15, 0.2) is 0 Å². The van der Waals surface area contributed by atoms with Gasteiger partial charge in [-0.15, -0.1) is 0 Å². The van der Waals surface area contributed by atoms with Gasteiger partial charge < -0.3 is 9.84 Å². The van der Waals surface area contributed by atoms with Gasteiger partial charge in [0.05, 0.1) is 12.2 Å². The Morgan fingerprint density at radius 1 is 1.32 bits per heavy atom. The summed E-state index contributed by atoms with van der Waals surface area (Å²) in [4.78, 5) is 11.5. The Hall–Kier alpha value is -1.61. The number of ether oxygens (including phenoxy) is 1. The van der Waals surface area contributed by atoms with E-state index in [9.17, 15) is 9.90 Å². The molecule has 1 unspecified atom stereocenters. The summed E-state index contributed by atoms with van der Waals surface area (Å²) >= 11 is 0. The van der Waals surface area contributed by atoms with Crippen molar-refractivity contribution in [2.45, 2.75) is 33.3 Å². The van der Waals surface area contributed by atoms with E-state index >= 15 is 0 Å². The van der Waals surface area contributed by atoms with Crippen LogP contribution in [0.5, 0.6) is 0 Å². The summed E-state index contributed by atoms with van der Waals surface area (Å²) in [5, 5.41) is 10.1. The van der Waals surface area contributed by atoms with Gasteiger partial charge in [0, 0.05) is 0 Å². The second kappa shape index (κ2) is 7.10. The van der Waals surface area contributed by atoms with Crippen LogP contribution in [0.2, 0.25) is 0 Å². The van der Waals surface area contributed by atoms with Crippen LogP contribution < -0.4 is 0 Å². The smallest absolute Gasteiger partial charge is 0.336 e. The van der Waals surface area contributed by atoms with Gasteiger partial charge in [0.2, 0.25) is 0 Å². The zero-order valence-corrected chi connectivity index (χ0v) is 11.8. The summed E-state index contributed by atoms with van der Waals surface area (Å²) in [6, 6.07) is 7.59. The Morgan fingerprint density at radius 3 is 2.37 bits per heavy atom. The molecule has 1 atom stereocenters. The van der Waals surface area contributed by atoms with Gasteiger partial charge in [-0.25, -0.2) is 4.79 Å². The largest absolute Gasteiger partial charge is 0.463 e. The van der Waals surface area contributed by atoms with Crippen LogP contribution in [-0.2, 0) is 16.0 Å². The molecule has 0 amide bonds. The third-order valence-electron chi connectivity index (χ3n) is 2.81. The quantitative estimate of drug-likeness (QED) is 0.633. The molecule has 3 nitrogen and oxygen atoms in total. The van der Waals surface area contributed by atoms with E-state index in [1.165, 1.54) is 5.56 Å². The van der Waals surface area contributed by atoms with Gasteiger partial charge in [-0.1, -0.05) is 44.7 Å². The molecule has 0 aromatic heterocycles. The number of esters is 1. The molecule has 0 saturated carbocycles. The molecule has 0 aliphatic heterocycles. The summed E-state index contributed by atoms with van der Waals surface area (Å²) in [5.74, 6) is 0.0338. The van der Waals surface area contributed by atoms with Crippen LogP contribution >= 0.6 is 0 Å². The number of aliphatic hydroxyl groups excluding tert-OH is 1. The average Bonchev–Trinajstić information content (AvgIpc) is 2.37. The zero-order chi connectivity index (χ0) is 14.4. The second-order valence-corrected chi connectivity index (χ2v) is 4.99. The molecule has 104 valence electrons. The van der Waals surface area contributed by atoms with Crippen LogP contribution in [0.3, 0.4) is 0 Å². The topological polar surface area (TPSA) is 46.5 Å². The van der Waals surface area contributed by atoms with E-state index in [0.717, 1.165) is 6.42 Å². The van der Waals surface area contributed by atoms with Crippen molar-refractivity contribution in [3.05, 3.63) is 47.5 Å². The maximum Gasteiger partial charge on any atom is 0.336 e. The Morgan fingerprint density at radius 2 is 1.89 bits per heavy atom. The molecule has 1 N–H and O–H groups in total. The van der Waals surface area contributed by atoms with Crippen molar-refractivity contribution in [3.63, 3.8) is 0 Å². The lowest BCUT2D eigenvalue weighted by molar-refractivity contribution is -0.139. The summed E-state index contributed by atoms with van der Waals surface area (Å²) in [5.41, 5.74) is 1.94. The first-order valence-electron chi connectivity index (χ1n) is 6.58. The molecule has 3 heteroatoms. The van der Waals surface area contributed by atoms with Gasteiger partial charge in [-0.3, -0.25) is 0 Å². The molecule has 0 radical (unpaired) electrons. The summed E-state index contributed by atoms with van der Waals surface area (Å²) in [6.07, 6.45) is -0.0120. The van der Waals surface area contributed by atoms with Crippen LogP contribution in [0, 0.1) is 5.92 Å². The Kier molecular flexibility index (Phi) is 5.77. The average molecular weight is 262 g/mol. The fourth-order valence-electron chi connectivity index (χ4n) is 1.84. The molecule has 1 aromatic rings. The zero-order valence-electron chi connectivity index (χ0n) is 11.8. The van der Waals surface area contributed by atoms with Crippen molar-refractivity contribution in [2.75, 3.05) is 6.61 Å². The van der Waals surface area contributed by atoms with E-state index in [2.05, 4.69) is 20.4 Å². The SMILES string of the molecule is C=C(C(=O)OCC)C(O)c1ccc(CC(C)C)cc1. The fraction of sp³-hybridized carbons (Fsp3) is 0.438. The van der Waals surface area contributed by atoms with Crippen LogP contribution in [0.4, 0.5) is 0 Å². The van der Waals surface area contributed by atoms with Crippen LogP contribution in [0.15, 0.2) is 36.4 Å². The van der Waals surface area contributed by atoms with Gasteiger partial charge in [-0.05, 0) is 30.4 Å². The molecule has 0 fully saturated rings. The fourth-order valence-corrected chi connectivity index (χ4v) is 1.84. The molecular weight excluding hydrogens is 240 g/mol. The molecule has 19 heavy (non-hydrogen) atoms. The minimum Gasteiger partial charge on any atom is -0.463 e. The number of hydrogen-bond acceptors (Lipinski definition) is 3. The number of hydrogen-bond donors (Lipinski definition) is 1. The Labute approximate surface area is 114 Å². The predicted molar refractivity (Wildman–Crippen MR) is 75.7 cm³/mol. The normalized spacial score (nSPS) is 12.3. The first kappa shape index (κ1) is 15.4. The molecule has 0 heterocycles. The predicted octanol–water partition coefficient (Wildman–Crippen LogP) is 3.04. The Balaban J connectivity index is 2.74. The van der Waals surface area contributed by atoms with Gasteiger partial charge >= 0.3 is 5.97 Å². The number of benzene rings is 1. The summed E-state index contributed by atoms with van der Waals surface area (Å²) in [7, 11) is 0. The number of rotatable bonds is 6. The molecule has 0 spiro atoms. The minimum atomic E-state index is -1.01. The lowest BCUT2D eigenvalue weighted by Gasteiger charge is -2.14. The van der Waals surface area contributed by atoms with Crippen molar-refractivity contribution in [1.82, 2.24) is 0 Å². The van der Waals surface area contributed by atoms with Crippen molar-refractivity contribution in [2.24, 2.45) is 5.92 Å². The molecule has 0 aliphatic carbocycles. The van der Waals surface area contributed by atoms with Crippen molar-refractivity contribution >= 4 is 5.97 Å². The number of aliphatic hydroxyl groups is 1. The van der Waals surface area contributed by atoms with E-state index in [4.69, 9.17) is 4.74 Å². The van der Waals surface area contributed by atoms with Crippen molar-refractivity contribution < 1.29 is 14.6 Å². The highest BCUT2D eigenvalue weighted by Gasteiger charge is 2.19. The highest BCUT2D eigenvalue weighted by Crippen LogP contribution is 2.22. The van der Waals surface area contributed by atoms with E-state index < -0.39 is 12.1 Å². The monoisotopic (exact) mass is 262 g/mol. The number of carbonyl (C=O) groups is 1. The molecule has 1 rings (SSSR count). The third-order valence-corrected chi connectivity index (χ3v) is 2.81. The Bertz CT molecular complexity index is 432. The standard InChI is InChI=1S/C16H22O3/c1-5-19-16(18)12(4)15(17)14-8-6-13(7-9-14)10-11(2)3/h6-9,11,15,17H,4-5,10H2,1-3H3. The van der Waals surface area contributed by atoms with E-state index in [1.807, 2.05) is 24.3 Å². The highest BCUT2D eigenvalue weighted by atomic mass is 16.5. The van der Waals surface area contributed by atoms with E-state index in [0.29, 0.717) is 11.5 Å². The van der Waals surface area contributed by atoms with Crippen LogP contribution in [-0.4, -0.2) is 17.7 Å². The van der Waals surface area contributed by atoms with Gasteiger partial charge in [0.25, 0.3) is 0 Å². The number of carbonyl (C=O) groups excluding carboxylic acids is 1. The van der Waals surface area contributed by atoms with Gasteiger partial charge in [0.1, 0.15) is 6.10 Å².